The maximum absolute atomic E-state index is 13.1. The second-order valence-corrected chi connectivity index (χ2v) is 9.25. The smallest absolute Gasteiger partial charge is 0.167 e. The second kappa shape index (κ2) is 11.5. The van der Waals surface area contributed by atoms with Crippen molar-refractivity contribution in [1.29, 1.82) is 0 Å². The molecule has 0 saturated carbocycles. The number of nitrogens with two attached hydrogens (primary N) is 1. The van der Waals surface area contributed by atoms with Gasteiger partial charge in [0, 0.05) is 23.1 Å². The van der Waals surface area contributed by atoms with Gasteiger partial charge in [-0.1, -0.05) is 62.4 Å². The van der Waals surface area contributed by atoms with E-state index in [1.807, 2.05) is 50.2 Å². The number of hydrogen-bond donors (Lipinski definition) is 3. The van der Waals surface area contributed by atoms with Gasteiger partial charge in [-0.3, -0.25) is 4.79 Å². The van der Waals surface area contributed by atoms with Crippen molar-refractivity contribution in [2.24, 2.45) is 0 Å². The molecule has 4 N–H and O–H groups in total. The molecule has 0 spiro atoms. The second-order valence-electron chi connectivity index (χ2n) is 9.25. The number of carbonyl (C=O) groups excluding carboxylic acids is 1. The van der Waals surface area contributed by atoms with E-state index in [-0.39, 0.29) is 30.8 Å². The van der Waals surface area contributed by atoms with Crippen molar-refractivity contribution in [2.45, 2.75) is 58.5 Å². The Hall–Kier alpha value is -3.15. The molecule has 0 aliphatic heterocycles. The van der Waals surface area contributed by atoms with E-state index in [4.69, 9.17) is 15.6 Å². The summed E-state index contributed by atoms with van der Waals surface area (Å²) in [5.41, 5.74) is 12.4. The number of hydrogen-bond acceptors (Lipinski definition) is 5. The van der Waals surface area contributed by atoms with Gasteiger partial charge in [-0.2, -0.15) is 0 Å². The number of ketones is 1. The lowest BCUT2D eigenvalue weighted by Gasteiger charge is -2.34. The molecule has 3 aromatic rings. The predicted molar refractivity (Wildman–Crippen MR) is 141 cm³/mol. The molecule has 0 saturated heterocycles. The summed E-state index contributed by atoms with van der Waals surface area (Å²) < 4.78 is 5.69. The van der Waals surface area contributed by atoms with Crippen LogP contribution in [0.15, 0.2) is 60.7 Å². The molecule has 0 amide bonds. The molecule has 0 aliphatic carbocycles. The summed E-state index contributed by atoms with van der Waals surface area (Å²) in [6, 6.07) is 19.8. The summed E-state index contributed by atoms with van der Waals surface area (Å²) in [4.78, 5) is 13.1. The van der Waals surface area contributed by atoms with Crippen LogP contribution in [-0.4, -0.2) is 35.3 Å². The van der Waals surface area contributed by atoms with Gasteiger partial charge in [0.2, 0.25) is 0 Å². The fourth-order valence-electron chi connectivity index (χ4n) is 4.82. The minimum absolute atomic E-state index is 0.0483. The Morgan fingerprint density at radius 1 is 0.971 bits per heavy atom. The largest absolute Gasteiger partial charge is 0.491 e. The Kier molecular flexibility index (Phi) is 8.71. The molecule has 1 unspecified atom stereocenters. The van der Waals surface area contributed by atoms with Crippen LogP contribution in [0.3, 0.4) is 0 Å². The van der Waals surface area contributed by atoms with Crippen LogP contribution in [0.4, 0.5) is 5.69 Å². The fraction of sp³-hybridized carbons (Fsp3) is 0.367. The van der Waals surface area contributed by atoms with Crippen LogP contribution < -0.4 is 10.5 Å². The van der Waals surface area contributed by atoms with Crippen LogP contribution in [-0.2, 0) is 11.8 Å². The zero-order chi connectivity index (χ0) is 25.6. The SMILES string of the molecule is CCC(CC)(c1ccc(OCC(O)CO)c(C)c1)c1ccc(C(=O)Cc2ccccc2N)c(C)c1. The molecule has 5 nitrogen and oxygen atoms in total. The Morgan fingerprint density at radius 3 is 2.17 bits per heavy atom. The average Bonchev–Trinajstić information content (AvgIpc) is 2.85. The maximum atomic E-state index is 13.1. The van der Waals surface area contributed by atoms with E-state index in [9.17, 15) is 9.90 Å². The molecular formula is C30H37NO4. The standard InChI is InChI=1S/C30H37NO4/c1-5-30(6-2,24-12-14-29(21(4)16-24)35-19-25(33)18-32)23-11-13-26(20(3)15-23)28(34)17-22-9-7-8-10-27(22)31/h7-16,25,32-33H,5-6,17-19,31H2,1-4H3. The quantitative estimate of drug-likeness (QED) is 0.263. The van der Waals surface area contributed by atoms with Crippen LogP contribution in [0.1, 0.15) is 64.9 Å². The highest BCUT2D eigenvalue weighted by atomic mass is 16.5. The highest BCUT2D eigenvalue weighted by molar-refractivity contribution is 5.99. The van der Waals surface area contributed by atoms with Crippen LogP contribution in [0.5, 0.6) is 5.75 Å². The molecule has 0 bridgehead atoms. The first-order valence-corrected chi connectivity index (χ1v) is 12.3. The summed E-state index contributed by atoms with van der Waals surface area (Å²) in [6.07, 6.45) is 1.19. The maximum Gasteiger partial charge on any atom is 0.167 e. The molecular weight excluding hydrogens is 438 g/mol. The third-order valence-corrected chi connectivity index (χ3v) is 7.06. The minimum atomic E-state index is -0.901. The van der Waals surface area contributed by atoms with Crippen molar-refractivity contribution in [1.82, 2.24) is 0 Å². The Labute approximate surface area is 208 Å². The number of anilines is 1. The summed E-state index contributed by atoms with van der Waals surface area (Å²) in [7, 11) is 0. The lowest BCUT2D eigenvalue weighted by atomic mass is 9.69. The number of ether oxygens (including phenoxy) is 1. The zero-order valence-electron chi connectivity index (χ0n) is 21.2. The van der Waals surface area contributed by atoms with Crippen LogP contribution >= 0.6 is 0 Å². The number of rotatable bonds is 11. The van der Waals surface area contributed by atoms with Gasteiger partial charge in [0.15, 0.2) is 5.78 Å². The predicted octanol–water partition coefficient (Wildman–Crippen LogP) is 5.15. The summed E-state index contributed by atoms with van der Waals surface area (Å²) in [5, 5.41) is 18.6. The van der Waals surface area contributed by atoms with Crippen LogP contribution in [0.25, 0.3) is 0 Å². The lowest BCUT2D eigenvalue weighted by molar-refractivity contribution is 0.0534. The third-order valence-electron chi connectivity index (χ3n) is 7.06. The van der Waals surface area contributed by atoms with Gasteiger partial charge in [0.1, 0.15) is 18.5 Å². The normalized spacial score (nSPS) is 12.4. The monoisotopic (exact) mass is 475 g/mol. The first-order chi connectivity index (χ1) is 16.7. The molecule has 0 fully saturated rings. The van der Waals surface area contributed by atoms with E-state index in [0.29, 0.717) is 11.4 Å². The summed E-state index contributed by atoms with van der Waals surface area (Å²) in [5.74, 6) is 0.757. The molecule has 0 radical (unpaired) electrons. The molecule has 5 heteroatoms. The number of aliphatic hydroxyl groups is 2. The van der Waals surface area contributed by atoms with Gasteiger partial charge in [-0.05, 0) is 66.6 Å². The number of carbonyl (C=O) groups is 1. The van der Waals surface area contributed by atoms with Gasteiger partial charge in [0.05, 0.1) is 6.61 Å². The number of benzene rings is 3. The van der Waals surface area contributed by atoms with E-state index < -0.39 is 6.10 Å². The highest BCUT2D eigenvalue weighted by Gasteiger charge is 2.32. The molecule has 186 valence electrons. The van der Waals surface area contributed by atoms with Crippen molar-refractivity contribution in [3.05, 3.63) is 94.0 Å². The zero-order valence-corrected chi connectivity index (χ0v) is 21.2. The van der Waals surface area contributed by atoms with Gasteiger partial charge < -0.3 is 20.7 Å². The number of aliphatic hydroxyl groups excluding tert-OH is 2. The van der Waals surface area contributed by atoms with Crippen molar-refractivity contribution in [2.75, 3.05) is 18.9 Å². The first kappa shape index (κ1) is 26.5. The Balaban J connectivity index is 1.90. The van der Waals surface area contributed by atoms with Crippen molar-refractivity contribution >= 4 is 11.5 Å². The van der Waals surface area contributed by atoms with E-state index >= 15 is 0 Å². The number of Topliss-reactive ketones (excluding diaryl/α,β-unsaturated/α-hetero) is 1. The van der Waals surface area contributed by atoms with Gasteiger partial charge in [-0.25, -0.2) is 0 Å². The van der Waals surface area contributed by atoms with E-state index in [1.165, 1.54) is 11.1 Å². The Morgan fingerprint density at radius 2 is 1.60 bits per heavy atom. The molecule has 0 heterocycles. The van der Waals surface area contributed by atoms with E-state index in [1.54, 1.807) is 0 Å². The molecule has 1 atom stereocenters. The van der Waals surface area contributed by atoms with Gasteiger partial charge in [-0.15, -0.1) is 0 Å². The number of nitrogen functional groups attached to an aromatic ring is 1. The number of aryl methyl sites for hydroxylation is 2. The highest BCUT2D eigenvalue weighted by Crippen LogP contribution is 2.41. The van der Waals surface area contributed by atoms with E-state index in [2.05, 4.69) is 38.1 Å². The average molecular weight is 476 g/mol. The summed E-state index contributed by atoms with van der Waals surface area (Å²) in [6.45, 7) is 8.08. The topological polar surface area (TPSA) is 92.8 Å². The van der Waals surface area contributed by atoms with Gasteiger partial charge >= 0.3 is 0 Å². The van der Waals surface area contributed by atoms with Crippen LogP contribution in [0.2, 0.25) is 0 Å². The van der Waals surface area contributed by atoms with Gasteiger partial charge in [0.25, 0.3) is 0 Å². The van der Waals surface area contributed by atoms with Crippen molar-refractivity contribution in [3.63, 3.8) is 0 Å². The minimum Gasteiger partial charge on any atom is -0.491 e. The van der Waals surface area contributed by atoms with E-state index in [0.717, 1.165) is 35.1 Å². The first-order valence-electron chi connectivity index (χ1n) is 12.3. The fourth-order valence-corrected chi connectivity index (χ4v) is 4.82. The molecule has 0 aromatic heterocycles. The van der Waals surface area contributed by atoms with Crippen molar-refractivity contribution in [3.8, 4) is 5.75 Å². The molecule has 0 aliphatic rings. The summed E-state index contributed by atoms with van der Waals surface area (Å²) >= 11 is 0. The lowest BCUT2D eigenvalue weighted by Crippen LogP contribution is -2.27. The molecule has 35 heavy (non-hydrogen) atoms. The number of para-hydroxylation sites is 1. The van der Waals surface area contributed by atoms with Crippen LogP contribution in [0, 0.1) is 13.8 Å². The molecule has 3 rings (SSSR count). The Bertz CT molecular complexity index is 1170. The van der Waals surface area contributed by atoms with Crippen molar-refractivity contribution < 1.29 is 19.7 Å². The third kappa shape index (κ3) is 5.75. The molecule has 3 aromatic carbocycles.